The van der Waals surface area contributed by atoms with E-state index in [-0.39, 0.29) is 5.97 Å². The number of rotatable bonds is 6. The van der Waals surface area contributed by atoms with Crippen molar-refractivity contribution in [2.75, 3.05) is 36.7 Å². The van der Waals surface area contributed by atoms with Crippen molar-refractivity contribution in [3.63, 3.8) is 0 Å². The van der Waals surface area contributed by atoms with Crippen LogP contribution in [0.1, 0.15) is 20.8 Å². The molecule has 0 atom stereocenters. The molecule has 0 aliphatic heterocycles. The first-order valence-corrected chi connectivity index (χ1v) is 10.3. The van der Waals surface area contributed by atoms with E-state index in [0.717, 1.165) is 22.7 Å². The van der Waals surface area contributed by atoms with Gasteiger partial charge in [-0.15, -0.1) is 11.3 Å². The molecular formula is C22H23N3O2S2. The molecule has 2 aromatic carbocycles. The Morgan fingerprint density at radius 3 is 2.38 bits per heavy atom. The van der Waals surface area contributed by atoms with Crippen LogP contribution < -0.4 is 15.5 Å². The Balaban J connectivity index is 1.74. The van der Waals surface area contributed by atoms with Crippen molar-refractivity contribution in [1.82, 2.24) is 0 Å². The van der Waals surface area contributed by atoms with Crippen molar-refractivity contribution >= 4 is 51.0 Å². The third-order valence-corrected chi connectivity index (χ3v) is 5.53. The van der Waals surface area contributed by atoms with Crippen LogP contribution in [0.2, 0.25) is 0 Å². The summed E-state index contributed by atoms with van der Waals surface area (Å²) in [5.41, 5.74) is 3.63. The van der Waals surface area contributed by atoms with Gasteiger partial charge in [0.25, 0.3) is 0 Å². The van der Waals surface area contributed by atoms with Crippen LogP contribution in [0, 0.1) is 0 Å². The highest BCUT2D eigenvalue weighted by atomic mass is 32.1. The highest BCUT2D eigenvalue weighted by Crippen LogP contribution is 2.31. The molecule has 5 nitrogen and oxygen atoms in total. The normalized spacial score (nSPS) is 10.3. The molecule has 7 heteroatoms. The van der Waals surface area contributed by atoms with Gasteiger partial charge < -0.3 is 20.3 Å². The van der Waals surface area contributed by atoms with E-state index >= 15 is 0 Å². The molecule has 2 N–H and O–H groups in total. The van der Waals surface area contributed by atoms with E-state index in [1.165, 1.54) is 24.0 Å². The summed E-state index contributed by atoms with van der Waals surface area (Å²) in [6.07, 6.45) is 0.739. The van der Waals surface area contributed by atoms with Gasteiger partial charge in [0.1, 0.15) is 5.00 Å². The monoisotopic (exact) mass is 425 g/mol. The number of thiophene rings is 1. The van der Waals surface area contributed by atoms with E-state index in [2.05, 4.69) is 22.8 Å². The van der Waals surface area contributed by atoms with Crippen molar-refractivity contribution in [3.05, 3.63) is 76.7 Å². The fourth-order valence-corrected chi connectivity index (χ4v) is 4.16. The Bertz CT molecular complexity index is 983. The number of nitrogens with zero attached hydrogens (tertiary/aromatic N) is 1. The molecule has 150 valence electrons. The lowest BCUT2D eigenvalue weighted by atomic mass is 10.1. The van der Waals surface area contributed by atoms with Gasteiger partial charge in [0.15, 0.2) is 5.11 Å². The molecule has 0 bridgehead atoms. The number of carbonyl (C=O) groups excluding carboxylic acids is 1. The van der Waals surface area contributed by atoms with Gasteiger partial charge in [0.2, 0.25) is 0 Å². The topological polar surface area (TPSA) is 53.6 Å². The fraction of sp³-hybridized carbons (Fsp3) is 0.182. The van der Waals surface area contributed by atoms with E-state index in [1.807, 2.05) is 67.5 Å². The lowest BCUT2D eigenvalue weighted by Gasteiger charge is -2.14. The Labute approximate surface area is 180 Å². The Morgan fingerprint density at radius 1 is 1.07 bits per heavy atom. The average Bonchev–Trinajstić information content (AvgIpc) is 3.10. The van der Waals surface area contributed by atoms with Crippen LogP contribution in [0.4, 0.5) is 16.4 Å². The van der Waals surface area contributed by atoms with Crippen molar-refractivity contribution in [2.45, 2.75) is 6.42 Å². The molecule has 0 unspecified atom stereocenters. The van der Waals surface area contributed by atoms with Gasteiger partial charge >= 0.3 is 5.97 Å². The molecule has 0 saturated heterocycles. The number of hydrogen-bond donors (Lipinski definition) is 2. The summed E-state index contributed by atoms with van der Waals surface area (Å²) >= 11 is 6.94. The third kappa shape index (κ3) is 5.56. The summed E-state index contributed by atoms with van der Waals surface area (Å²) in [4.78, 5) is 15.3. The second-order valence-corrected chi connectivity index (χ2v) is 8.17. The lowest BCUT2D eigenvalue weighted by molar-refractivity contribution is 0.0602. The second kappa shape index (κ2) is 9.54. The predicted octanol–water partition coefficient (Wildman–Crippen LogP) is 5.00. The molecular weight excluding hydrogens is 402 g/mol. The van der Waals surface area contributed by atoms with Crippen molar-refractivity contribution in [3.8, 4) is 0 Å². The zero-order chi connectivity index (χ0) is 20.8. The maximum Gasteiger partial charge on any atom is 0.340 e. The van der Waals surface area contributed by atoms with Crippen LogP contribution in [0.15, 0.2) is 60.7 Å². The number of hydrogen-bond acceptors (Lipinski definition) is 5. The molecule has 1 heterocycles. The molecule has 3 rings (SSSR count). The molecule has 0 amide bonds. The summed E-state index contributed by atoms with van der Waals surface area (Å²) in [5.74, 6) is -0.388. The van der Waals surface area contributed by atoms with Crippen LogP contribution in [-0.4, -0.2) is 32.3 Å². The number of methoxy groups -OCH3 is 1. The highest BCUT2D eigenvalue weighted by Gasteiger charge is 2.18. The molecule has 0 radical (unpaired) electrons. The maximum absolute atomic E-state index is 12.2. The van der Waals surface area contributed by atoms with E-state index in [0.29, 0.717) is 15.7 Å². The predicted molar refractivity (Wildman–Crippen MR) is 126 cm³/mol. The van der Waals surface area contributed by atoms with E-state index in [9.17, 15) is 4.79 Å². The fourth-order valence-electron chi connectivity index (χ4n) is 2.79. The van der Waals surface area contributed by atoms with Crippen molar-refractivity contribution in [2.24, 2.45) is 0 Å². The average molecular weight is 426 g/mol. The molecule has 3 aromatic rings. The summed E-state index contributed by atoms with van der Waals surface area (Å²) in [6, 6.07) is 19.9. The summed E-state index contributed by atoms with van der Waals surface area (Å²) in [5, 5.41) is 7.39. The van der Waals surface area contributed by atoms with Gasteiger partial charge in [-0.05, 0) is 48.1 Å². The number of esters is 1. The van der Waals surface area contributed by atoms with Crippen LogP contribution >= 0.6 is 23.6 Å². The number of thiocarbonyl (C=S) groups is 1. The molecule has 0 fully saturated rings. The number of ether oxygens (including phenoxy) is 1. The van der Waals surface area contributed by atoms with E-state index < -0.39 is 0 Å². The number of anilines is 3. The smallest absolute Gasteiger partial charge is 0.340 e. The van der Waals surface area contributed by atoms with Gasteiger partial charge in [-0.2, -0.15) is 0 Å². The van der Waals surface area contributed by atoms with Crippen LogP contribution in [0.5, 0.6) is 0 Å². The SMILES string of the molecule is COC(=O)c1cc(Cc2ccccc2)sc1NC(=S)Nc1ccc(N(C)C)cc1. The van der Waals surface area contributed by atoms with Crippen LogP contribution in [0.25, 0.3) is 0 Å². The van der Waals surface area contributed by atoms with Gasteiger partial charge in [0, 0.05) is 36.8 Å². The van der Waals surface area contributed by atoms with Crippen LogP contribution in [0.3, 0.4) is 0 Å². The first-order chi connectivity index (χ1) is 14.0. The number of benzene rings is 2. The number of carbonyl (C=O) groups is 1. The molecule has 29 heavy (non-hydrogen) atoms. The van der Waals surface area contributed by atoms with Gasteiger partial charge in [-0.3, -0.25) is 0 Å². The van der Waals surface area contributed by atoms with Gasteiger partial charge in [-0.1, -0.05) is 30.3 Å². The largest absolute Gasteiger partial charge is 0.465 e. The van der Waals surface area contributed by atoms with Gasteiger partial charge in [-0.25, -0.2) is 4.79 Å². The molecule has 0 saturated carbocycles. The second-order valence-electron chi connectivity index (χ2n) is 6.63. The highest BCUT2D eigenvalue weighted by molar-refractivity contribution is 7.80. The van der Waals surface area contributed by atoms with Crippen molar-refractivity contribution < 1.29 is 9.53 Å². The minimum Gasteiger partial charge on any atom is -0.465 e. The Morgan fingerprint density at radius 2 is 1.76 bits per heavy atom. The van der Waals surface area contributed by atoms with E-state index in [4.69, 9.17) is 17.0 Å². The van der Waals surface area contributed by atoms with Crippen molar-refractivity contribution in [1.29, 1.82) is 0 Å². The summed E-state index contributed by atoms with van der Waals surface area (Å²) in [7, 11) is 5.36. The Kier molecular flexibility index (Phi) is 6.85. The maximum atomic E-state index is 12.2. The molecule has 1 aromatic heterocycles. The zero-order valence-corrected chi connectivity index (χ0v) is 18.2. The van der Waals surface area contributed by atoms with E-state index in [1.54, 1.807) is 0 Å². The number of nitrogens with one attached hydrogen (secondary N) is 2. The lowest BCUT2D eigenvalue weighted by Crippen LogP contribution is -2.20. The molecule has 0 spiro atoms. The first-order valence-electron chi connectivity index (χ1n) is 9.06. The van der Waals surface area contributed by atoms with Crippen LogP contribution in [-0.2, 0) is 11.2 Å². The van der Waals surface area contributed by atoms with Gasteiger partial charge in [0.05, 0.1) is 12.7 Å². The molecule has 0 aliphatic carbocycles. The first kappa shape index (κ1) is 20.8. The Hall–Kier alpha value is -2.90. The minimum absolute atomic E-state index is 0.388. The molecule has 0 aliphatic rings. The summed E-state index contributed by atoms with van der Waals surface area (Å²) < 4.78 is 4.94. The standard InChI is InChI=1S/C22H23N3O2S2/c1-25(2)17-11-9-16(10-12-17)23-22(28)24-20-19(21(26)27-3)14-18(29-20)13-15-7-5-4-6-8-15/h4-12,14H,13H2,1-3H3,(H2,23,24,28). The minimum atomic E-state index is -0.388. The summed E-state index contributed by atoms with van der Waals surface area (Å²) in [6.45, 7) is 0. The zero-order valence-electron chi connectivity index (χ0n) is 16.6. The third-order valence-electron chi connectivity index (χ3n) is 4.28. The quantitative estimate of drug-likeness (QED) is 0.428.